The summed E-state index contributed by atoms with van der Waals surface area (Å²) in [5, 5.41) is 26.9. The number of rotatable bonds is 4. The van der Waals surface area contributed by atoms with E-state index in [0.717, 1.165) is 17.6 Å². The van der Waals surface area contributed by atoms with Crippen LogP contribution in [0.25, 0.3) is 0 Å². The van der Waals surface area contributed by atoms with E-state index in [2.05, 4.69) is 16.5 Å². The molecular weight excluding hydrogens is 349 g/mol. The van der Waals surface area contributed by atoms with Crippen molar-refractivity contribution < 1.29 is 19.2 Å². The Balaban J connectivity index is 1.60. The summed E-state index contributed by atoms with van der Waals surface area (Å²) in [6.07, 6.45) is 6.69. The molecule has 3 atom stereocenters. The van der Waals surface area contributed by atoms with Gasteiger partial charge in [-0.3, -0.25) is 9.48 Å². The number of fused-ring (bicyclic) bond motifs is 1. The zero-order chi connectivity index (χ0) is 19.0. The molecule has 0 aromatic carbocycles. The summed E-state index contributed by atoms with van der Waals surface area (Å²) in [5.74, 6) is -0.357. The quantitative estimate of drug-likeness (QED) is 0.653. The van der Waals surface area contributed by atoms with Gasteiger partial charge in [0.15, 0.2) is 5.82 Å². The van der Waals surface area contributed by atoms with Gasteiger partial charge in [-0.05, 0) is 24.4 Å². The van der Waals surface area contributed by atoms with Crippen LogP contribution in [0.2, 0.25) is 0 Å². The molecule has 1 unspecified atom stereocenters. The zero-order valence-corrected chi connectivity index (χ0v) is 14.7. The van der Waals surface area contributed by atoms with Crippen LogP contribution in [-0.2, 0) is 9.39 Å². The molecule has 4 rings (SSSR count). The molecule has 1 amide bonds. The largest absolute Gasteiger partial charge is 0.487 e. The van der Waals surface area contributed by atoms with Crippen molar-refractivity contribution in [2.75, 3.05) is 25.1 Å². The van der Waals surface area contributed by atoms with Crippen LogP contribution in [0.15, 0.2) is 29.5 Å². The van der Waals surface area contributed by atoms with Crippen LogP contribution >= 0.6 is 0 Å². The molecule has 0 bridgehead atoms. The summed E-state index contributed by atoms with van der Waals surface area (Å²) in [7, 11) is -0.899. The van der Waals surface area contributed by atoms with Crippen LogP contribution in [-0.4, -0.2) is 47.7 Å². The Bertz CT molecular complexity index is 858. The Hall–Kier alpha value is -2.61. The van der Waals surface area contributed by atoms with Crippen molar-refractivity contribution >= 4 is 18.8 Å². The second kappa shape index (κ2) is 7.19. The lowest BCUT2D eigenvalue weighted by Gasteiger charge is -2.27. The third-order valence-corrected chi connectivity index (χ3v) is 5.25. The van der Waals surface area contributed by atoms with Gasteiger partial charge in [-0.25, -0.2) is 0 Å². The molecule has 3 aliphatic rings. The first-order valence-corrected chi connectivity index (χ1v) is 8.91. The molecule has 140 valence electrons. The monoisotopic (exact) mass is 369 g/mol. The van der Waals surface area contributed by atoms with Gasteiger partial charge < -0.3 is 25.5 Å². The SMILES string of the molecule is N#C[C@@H]1CCOC[C@H]1n1cc(C(N)=O)c(NC2=CCC3COB(O)C3=C2)n1. The van der Waals surface area contributed by atoms with Crippen molar-refractivity contribution in [1.29, 1.82) is 5.26 Å². The second-order valence-electron chi connectivity index (χ2n) is 6.95. The van der Waals surface area contributed by atoms with E-state index in [1.165, 1.54) is 0 Å². The Kier molecular flexibility index (Phi) is 4.74. The standard InChI is InChI=1S/C17H20BN5O4/c19-6-10-3-4-26-9-15(10)23-7-13(16(20)24)17(22-23)21-12-2-1-11-8-27-18(25)14(11)5-12/h2,5,7,10-11,15,25H,1,3-4,8-9H2,(H2,20,24)(H,21,22)/t10-,11?,15+/m0/s1. The van der Waals surface area contributed by atoms with Gasteiger partial charge in [0.05, 0.1) is 24.6 Å². The van der Waals surface area contributed by atoms with E-state index in [9.17, 15) is 15.1 Å². The summed E-state index contributed by atoms with van der Waals surface area (Å²) in [6.45, 7) is 1.39. The van der Waals surface area contributed by atoms with Crippen molar-refractivity contribution in [1.82, 2.24) is 9.78 Å². The van der Waals surface area contributed by atoms with E-state index >= 15 is 0 Å². The highest BCUT2D eigenvalue weighted by atomic mass is 16.5. The number of primary amides is 1. The first-order chi connectivity index (χ1) is 13.1. The van der Waals surface area contributed by atoms with Crippen molar-refractivity contribution in [3.05, 3.63) is 35.1 Å². The molecule has 1 aromatic heterocycles. The van der Waals surface area contributed by atoms with Crippen LogP contribution in [0.5, 0.6) is 0 Å². The lowest BCUT2D eigenvalue weighted by molar-refractivity contribution is 0.0342. The predicted octanol–water partition coefficient (Wildman–Crippen LogP) is 0.375. The van der Waals surface area contributed by atoms with Crippen molar-refractivity contribution in [2.24, 2.45) is 17.6 Å². The number of hydrogen-bond donors (Lipinski definition) is 3. The van der Waals surface area contributed by atoms with Gasteiger partial charge in [-0.1, -0.05) is 6.08 Å². The van der Waals surface area contributed by atoms with Crippen LogP contribution in [0.3, 0.4) is 0 Å². The van der Waals surface area contributed by atoms with Gasteiger partial charge in [0.2, 0.25) is 0 Å². The Labute approximate surface area is 156 Å². The molecule has 9 nitrogen and oxygen atoms in total. The fourth-order valence-electron chi connectivity index (χ4n) is 3.69. The summed E-state index contributed by atoms with van der Waals surface area (Å²) in [6, 6.07) is 2.01. The topological polar surface area (TPSA) is 135 Å². The molecular formula is C17H20BN5O4. The normalized spacial score (nSPS) is 27.4. The third kappa shape index (κ3) is 3.37. The number of nitrogens with two attached hydrogens (primary N) is 1. The number of carbonyl (C=O) groups excluding carboxylic acids is 1. The number of anilines is 1. The van der Waals surface area contributed by atoms with Gasteiger partial charge in [0, 0.05) is 31.0 Å². The maximum Gasteiger partial charge on any atom is 0.487 e. The van der Waals surface area contributed by atoms with Crippen LogP contribution < -0.4 is 11.1 Å². The lowest BCUT2D eigenvalue weighted by Crippen LogP contribution is -2.29. The molecule has 2 saturated heterocycles. The smallest absolute Gasteiger partial charge is 0.423 e. The molecule has 1 aromatic rings. The number of hydrogen-bond acceptors (Lipinski definition) is 7. The summed E-state index contributed by atoms with van der Waals surface area (Å²) >= 11 is 0. The lowest BCUT2D eigenvalue weighted by atomic mass is 9.72. The van der Waals surface area contributed by atoms with Gasteiger partial charge >= 0.3 is 7.12 Å². The first kappa shape index (κ1) is 17.8. The maximum atomic E-state index is 11.9. The number of allylic oxidation sites excluding steroid dienone is 2. The number of ether oxygens (including phenoxy) is 1. The average Bonchev–Trinajstić information content (AvgIpc) is 3.26. The number of amides is 1. The average molecular weight is 369 g/mol. The minimum absolute atomic E-state index is 0.175. The molecule has 10 heteroatoms. The number of carbonyl (C=O) groups is 1. The molecule has 0 saturated carbocycles. The van der Waals surface area contributed by atoms with Crippen molar-refractivity contribution in [3.8, 4) is 6.07 Å². The Morgan fingerprint density at radius 3 is 3.15 bits per heavy atom. The number of nitriles is 1. The molecule has 0 spiro atoms. The molecule has 0 radical (unpaired) electrons. The molecule has 2 aliphatic heterocycles. The second-order valence-corrected chi connectivity index (χ2v) is 6.95. The number of nitrogens with one attached hydrogen (secondary N) is 1. The fraction of sp³-hybridized carbons (Fsp3) is 0.471. The molecule has 3 heterocycles. The minimum atomic E-state index is -0.899. The van der Waals surface area contributed by atoms with E-state index in [-0.39, 0.29) is 23.4 Å². The zero-order valence-electron chi connectivity index (χ0n) is 14.7. The molecule has 4 N–H and O–H groups in total. The number of aromatic nitrogens is 2. The van der Waals surface area contributed by atoms with Gasteiger partial charge in [-0.15, -0.1) is 0 Å². The van der Waals surface area contributed by atoms with E-state index in [1.54, 1.807) is 10.9 Å². The third-order valence-electron chi connectivity index (χ3n) is 5.25. The van der Waals surface area contributed by atoms with Gasteiger partial charge in [0.25, 0.3) is 5.91 Å². The highest BCUT2D eigenvalue weighted by Crippen LogP contribution is 2.32. The van der Waals surface area contributed by atoms with E-state index < -0.39 is 13.0 Å². The Morgan fingerprint density at radius 1 is 1.52 bits per heavy atom. The van der Waals surface area contributed by atoms with Crippen LogP contribution in [0, 0.1) is 23.2 Å². The van der Waals surface area contributed by atoms with E-state index in [4.69, 9.17) is 15.1 Å². The fourth-order valence-corrected chi connectivity index (χ4v) is 3.69. The number of nitrogens with zero attached hydrogens (tertiary/aromatic N) is 3. The van der Waals surface area contributed by atoms with Crippen molar-refractivity contribution in [2.45, 2.75) is 18.9 Å². The molecule has 27 heavy (non-hydrogen) atoms. The highest BCUT2D eigenvalue weighted by Gasteiger charge is 2.36. The molecule has 1 aliphatic carbocycles. The van der Waals surface area contributed by atoms with Crippen molar-refractivity contribution in [3.63, 3.8) is 0 Å². The summed E-state index contributed by atoms with van der Waals surface area (Å²) < 4.78 is 12.3. The molecule has 2 fully saturated rings. The maximum absolute atomic E-state index is 11.9. The summed E-state index contributed by atoms with van der Waals surface area (Å²) in [4.78, 5) is 11.9. The van der Waals surface area contributed by atoms with Crippen LogP contribution in [0.1, 0.15) is 29.2 Å². The minimum Gasteiger partial charge on any atom is -0.423 e. The van der Waals surface area contributed by atoms with Gasteiger partial charge in [0.1, 0.15) is 5.56 Å². The van der Waals surface area contributed by atoms with E-state index in [0.29, 0.717) is 32.1 Å². The first-order valence-electron chi connectivity index (χ1n) is 8.91. The van der Waals surface area contributed by atoms with Gasteiger partial charge in [-0.2, -0.15) is 10.4 Å². The van der Waals surface area contributed by atoms with E-state index in [1.807, 2.05) is 12.2 Å². The predicted molar refractivity (Wildman–Crippen MR) is 96.1 cm³/mol. The summed E-state index contributed by atoms with van der Waals surface area (Å²) in [5.41, 5.74) is 7.28. The van der Waals surface area contributed by atoms with Crippen LogP contribution in [0.4, 0.5) is 5.82 Å². The Morgan fingerprint density at radius 2 is 2.37 bits per heavy atom. The highest BCUT2D eigenvalue weighted by molar-refractivity contribution is 6.53.